The predicted molar refractivity (Wildman–Crippen MR) is 96.0 cm³/mol. The van der Waals surface area contributed by atoms with E-state index in [0.29, 0.717) is 13.0 Å². The highest BCUT2D eigenvalue weighted by molar-refractivity contribution is 7.99. The monoisotopic (exact) mass is 353 g/mol. The summed E-state index contributed by atoms with van der Waals surface area (Å²) in [5, 5.41) is -0.0538. The molecule has 0 N–H and O–H groups in total. The van der Waals surface area contributed by atoms with Gasteiger partial charge in [0.1, 0.15) is 11.6 Å². The first-order valence-electron chi connectivity index (χ1n) is 8.04. The highest BCUT2D eigenvalue weighted by atomic mass is 32.2. The fraction of sp³-hybridized carbons (Fsp3) is 0.150. The second kappa shape index (κ2) is 6.76. The molecule has 0 saturated heterocycles. The summed E-state index contributed by atoms with van der Waals surface area (Å²) in [6.07, 6.45) is 1.99. The van der Waals surface area contributed by atoms with Crippen molar-refractivity contribution in [2.75, 3.05) is 4.90 Å². The summed E-state index contributed by atoms with van der Waals surface area (Å²) in [5.41, 5.74) is 1.78. The van der Waals surface area contributed by atoms with Crippen LogP contribution >= 0.6 is 11.8 Å². The van der Waals surface area contributed by atoms with E-state index < -0.39 is 0 Å². The summed E-state index contributed by atoms with van der Waals surface area (Å²) in [6, 6.07) is 17.9. The topological polar surface area (TPSA) is 33.5 Å². The minimum Gasteiger partial charge on any atom is -0.468 e. The van der Waals surface area contributed by atoms with E-state index >= 15 is 0 Å². The van der Waals surface area contributed by atoms with E-state index in [-0.39, 0.29) is 17.0 Å². The Bertz CT molecular complexity index is 877. The highest BCUT2D eigenvalue weighted by Crippen LogP contribution is 2.45. The molecule has 25 heavy (non-hydrogen) atoms. The molecule has 5 heteroatoms. The van der Waals surface area contributed by atoms with Gasteiger partial charge >= 0.3 is 0 Å². The van der Waals surface area contributed by atoms with Crippen LogP contribution in [0.3, 0.4) is 0 Å². The molecule has 3 nitrogen and oxygen atoms in total. The van der Waals surface area contributed by atoms with Gasteiger partial charge in [-0.3, -0.25) is 4.79 Å². The van der Waals surface area contributed by atoms with Gasteiger partial charge in [-0.2, -0.15) is 0 Å². The first-order chi connectivity index (χ1) is 12.2. The summed E-state index contributed by atoms with van der Waals surface area (Å²) in [6.45, 7) is 0.418. The zero-order chi connectivity index (χ0) is 17.2. The second-order valence-electron chi connectivity index (χ2n) is 5.90. The van der Waals surface area contributed by atoms with Crippen molar-refractivity contribution in [1.82, 2.24) is 0 Å². The summed E-state index contributed by atoms with van der Waals surface area (Å²) >= 11 is 1.64. The number of carbonyl (C=O) groups excluding carboxylic acids is 1. The van der Waals surface area contributed by atoms with E-state index in [1.807, 2.05) is 36.4 Å². The molecule has 0 spiro atoms. The molecule has 0 radical (unpaired) electrons. The van der Waals surface area contributed by atoms with E-state index in [4.69, 9.17) is 4.42 Å². The third kappa shape index (κ3) is 3.33. The van der Waals surface area contributed by atoms with Crippen molar-refractivity contribution in [1.29, 1.82) is 0 Å². The van der Waals surface area contributed by atoms with Crippen LogP contribution in [0.4, 0.5) is 10.1 Å². The summed E-state index contributed by atoms with van der Waals surface area (Å²) in [7, 11) is 0. The molecule has 0 saturated carbocycles. The van der Waals surface area contributed by atoms with Crippen LogP contribution in [-0.2, 0) is 11.3 Å². The summed E-state index contributed by atoms with van der Waals surface area (Å²) < 4.78 is 18.7. The normalized spacial score (nSPS) is 17.2. The average molecular weight is 353 g/mol. The molecule has 1 unspecified atom stereocenters. The number of hydrogen-bond donors (Lipinski definition) is 0. The van der Waals surface area contributed by atoms with Gasteiger partial charge in [0.05, 0.1) is 23.7 Å². The van der Waals surface area contributed by atoms with Crippen molar-refractivity contribution >= 4 is 23.4 Å². The van der Waals surface area contributed by atoms with Crippen LogP contribution in [0.15, 0.2) is 76.2 Å². The predicted octanol–water partition coefficient (Wildman–Crippen LogP) is 5.19. The van der Waals surface area contributed by atoms with Crippen LogP contribution in [0.2, 0.25) is 0 Å². The zero-order valence-electron chi connectivity index (χ0n) is 13.4. The highest BCUT2D eigenvalue weighted by Gasteiger charge is 2.30. The molecule has 1 aliphatic rings. The maximum atomic E-state index is 13.2. The Labute approximate surface area is 149 Å². The van der Waals surface area contributed by atoms with E-state index in [2.05, 4.69) is 0 Å². The molecule has 126 valence electrons. The minimum absolute atomic E-state index is 0.0307. The fourth-order valence-electron chi connectivity index (χ4n) is 2.96. The lowest BCUT2D eigenvalue weighted by molar-refractivity contribution is -0.118. The van der Waals surface area contributed by atoms with Gasteiger partial charge in [0.25, 0.3) is 0 Å². The molecule has 2 heterocycles. The van der Waals surface area contributed by atoms with Crippen molar-refractivity contribution in [2.24, 2.45) is 0 Å². The molecule has 1 aliphatic heterocycles. The summed E-state index contributed by atoms with van der Waals surface area (Å²) in [4.78, 5) is 15.8. The van der Waals surface area contributed by atoms with E-state index in [1.165, 1.54) is 12.1 Å². The average Bonchev–Trinajstić information content (AvgIpc) is 3.11. The number of nitrogens with zero attached hydrogens (tertiary/aromatic N) is 1. The van der Waals surface area contributed by atoms with Gasteiger partial charge in [0.2, 0.25) is 5.91 Å². The molecule has 3 aromatic rings. The Kier molecular flexibility index (Phi) is 4.32. The Morgan fingerprint density at radius 1 is 1.08 bits per heavy atom. The van der Waals surface area contributed by atoms with Gasteiger partial charge in [-0.05, 0) is 42.0 Å². The number of carbonyl (C=O) groups is 1. The third-order valence-corrected chi connectivity index (χ3v) is 5.48. The number of thioether (sulfide) groups is 1. The number of anilines is 1. The standard InChI is InChI=1S/C20H16FNO2S/c21-15-9-7-14(8-10-15)13-22-16-4-1-2-6-18(16)25-19(12-20(22)23)17-5-3-11-24-17/h1-11,19H,12-13H2. The van der Waals surface area contributed by atoms with Crippen LogP contribution in [0.1, 0.15) is 23.0 Å². The molecule has 1 atom stereocenters. The van der Waals surface area contributed by atoms with Gasteiger partial charge in [-0.25, -0.2) is 4.39 Å². The van der Waals surface area contributed by atoms with Gasteiger partial charge in [0, 0.05) is 11.3 Å². The molecular weight excluding hydrogens is 337 g/mol. The lowest BCUT2D eigenvalue weighted by Gasteiger charge is -2.22. The third-order valence-electron chi connectivity index (χ3n) is 4.20. The lowest BCUT2D eigenvalue weighted by atomic mass is 10.1. The Balaban J connectivity index is 1.69. The number of halogens is 1. The van der Waals surface area contributed by atoms with Crippen molar-refractivity contribution < 1.29 is 13.6 Å². The Hall–Kier alpha value is -2.53. The molecule has 2 aromatic carbocycles. The smallest absolute Gasteiger partial charge is 0.228 e. The van der Waals surface area contributed by atoms with Crippen LogP contribution in [0, 0.1) is 5.82 Å². The van der Waals surface area contributed by atoms with Crippen molar-refractivity contribution in [2.45, 2.75) is 23.1 Å². The first-order valence-corrected chi connectivity index (χ1v) is 8.92. The van der Waals surface area contributed by atoms with E-state index in [9.17, 15) is 9.18 Å². The van der Waals surface area contributed by atoms with Crippen molar-refractivity contribution in [3.05, 3.63) is 84.1 Å². The Morgan fingerprint density at radius 2 is 1.88 bits per heavy atom. The maximum Gasteiger partial charge on any atom is 0.228 e. The van der Waals surface area contributed by atoms with Crippen LogP contribution in [-0.4, -0.2) is 5.91 Å². The number of rotatable bonds is 3. The lowest BCUT2D eigenvalue weighted by Crippen LogP contribution is -2.30. The van der Waals surface area contributed by atoms with Crippen molar-refractivity contribution in [3.8, 4) is 0 Å². The largest absolute Gasteiger partial charge is 0.468 e. The first kappa shape index (κ1) is 16.0. The quantitative estimate of drug-likeness (QED) is 0.650. The number of benzene rings is 2. The Morgan fingerprint density at radius 3 is 2.64 bits per heavy atom. The van der Waals surface area contributed by atoms with Gasteiger partial charge in [-0.1, -0.05) is 24.3 Å². The number of amides is 1. The minimum atomic E-state index is -0.278. The number of furan rings is 1. The number of fused-ring (bicyclic) bond motifs is 1. The van der Waals surface area contributed by atoms with Gasteiger partial charge < -0.3 is 9.32 Å². The van der Waals surface area contributed by atoms with E-state index in [0.717, 1.165) is 21.9 Å². The van der Waals surface area contributed by atoms with Crippen LogP contribution in [0.5, 0.6) is 0 Å². The van der Waals surface area contributed by atoms with Crippen LogP contribution < -0.4 is 4.90 Å². The molecule has 0 fully saturated rings. The molecule has 0 aliphatic carbocycles. The van der Waals surface area contributed by atoms with Crippen LogP contribution in [0.25, 0.3) is 0 Å². The molecule has 1 amide bonds. The van der Waals surface area contributed by atoms with Gasteiger partial charge in [0.15, 0.2) is 0 Å². The molecule has 0 bridgehead atoms. The second-order valence-corrected chi connectivity index (χ2v) is 7.14. The molecule has 1 aromatic heterocycles. The van der Waals surface area contributed by atoms with E-state index in [1.54, 1.807) is 35.1 Å². The van der Waals surface area contributed by atoms with Crippen molar-refractivity contribution in [3.63, 3.8) is 0 Å². The molecular formula is C20H16FNO2S. The number of para-hydroxylation sites is 1. The van der Waals surface area contributed by atoms with Gasteiger partial charge in [-0.15, -0.1) is 11.8 Å². The fourth-order valence-corrected chi connectivity index (χ4v) is 4.20. The summed E-state index contributed by atoms with van der Waals surface area (Å²) in [5.74, 6) is 0.555. The SMILES string of the molecule is O=C1CC(c2ccco2)Sc2ccccc2N1Cc1ccc(F)cc1. The maximum absolute atomic E-state index is 13.2. The molecule has 4 rings (SSSR count). The number of hydrogen-bond acceptors (Lipinski definition) is 3. The zero-order valence-corrected chi connectivity index (χ0v) is 14.2.